The summed E-state index contributed by atoms with van der Waals surface area (Å²) in [5.41, 5.74) is 13.2. The van der Waals surface area contributed by atoms with E-state index in [0.29, 0.717) is 0 Å². The van der Waals surface area contributed by atoms with E-state index in [4.69, 9.17) is 9.41 Å². The highest BCUT2D eigenvalue weighted by atomic mass is 32.1. The van der Waals surface area contributed by atoms with Crippen LogP contribution in [-0.4, -0.2) is 0 Å². The van der Waals surface area contributed by atoms with Gasteiger partial charge in [-0.1, -0.05) is 41.5 Å². The monoisotopic (exact) mass is 540 g/mol. The fourth-order valence-electron chi connectivity index (χ4n) is 5.42. The second-order valence-corrected chi connectivity index (χ2v) is 11.2. The van der Waals surface area contributed by atoms with Crippen molar-refractivity contribution in [2.75, 3.05) is 5.32 Å². The Kier molecular flexibility index (Phi) is 6.73. The summed E-state index contributed by atoms with van der Waals surface area (Å²) in [6.07, 6.45) is 0. The van der Waals surface area contributed by atoms with Gasteiger partial charge < -0.3 is 9.73 Å². The van der Waals surface area contributed by atoms with Crippen molar-refractivity contribution in [2.24, 2.45) is 4.99 Å². The SMILES string of the molecule is Cc1ccc(N=c2ccc3c(-c4ccc(S)cc4C)c4ccc(Nc5ccc(C)cc5C)cc4oc-3c2)c(C)c1. The molecule has 0 atom stereocenters. The average Bonchev–Trinajstić information content (AvgIpc) is 2.91. The minimum Gasteiger partial charge on any atom is -0.456 e. The lowest BCUT2D eigenvalue weighted by Gasteiger charge is -2.18. The van der Waals surface area contributed by atoms with Crippen molar-refractivity contribution in [2.45, 2.75) is 39.5 Å². The van der Waals surface area contributed by atoms with Crippen LogP contribution in [0, 0.1) is 34.6 Å². The Labute approximate surface area is 241 Å². The van der Waals surface area contributed by atoms with Crippen LogP contribution in [0.25, 0.3) is 33.4 Å². The van der Waals surface area contributed by atoms with Crippen molar-refractivity contribution >= 4 is 40.7 Å². The molecule has 0 bridgehead atoms. The van der Waals surface area contributed by atoms with Gasteiger partial charge in [0.25, 0.3) is 0 Å². The molecule has 1 N–H and O–H groups in total. The molecule has 0 unspecified atom stereocenters. The Hall–Kier alpha value is -4.28. The second kappa shape index (κ2) is 10.4. The number of anilines is 2. The first-order valence-electron chi connectivity index (χ1n) is 13.5. The number of benzene rings is 5. The molecule has 0 radical (unpaired) electrons. The Balaban J connectivity index is 1.57. The summed E-state index contributed by atoms with van der Waals surface area (Å²) < 4.78 is 6.61. The molecule has 40 heavy (non-hydrogen) atoms. The van der Waals surface area contributed by atoms with Crippen LogP contribution in [0.5, 0.6) is 0 Å². The van der Waals surface area contributed by atoms with Gasteiger partial charge in [0, 0.05) is 44.9 Å². The van der Waals surface area contributed by atoms with Crippen LogP contribution in [0.3, 0.4) is 0 Å². The molecular weight excluding hydrogens is 508 g/mol. The van der Waals surface area contributed by atoms with Crippen molar-refractivity contribution in [3.05, 3.63) is 124 Å². The molecule has 4 aromatic carbocycles. The van der Waals surface area contributed by atoms with E-state index in [-0.39, 0.29) is 0 Å². The predicted molar refractivity (Wildman–Crippen MR) is 171 cm³/mol. The molecule has 198 valence electrons. The molecule has 0 spiro atoms. The molecule has 0 saturated carbocycles. The van der Waals surface area contributed by atoms with Gasteiger partial charge in [-0.15, -0.1) is 12.6 Å². The topological polar surface area (TPSA) is 37.5 Å². The van der Waals surface area contributed by atoms with Crippen molar-refractivity contribution < 1.29 is 4.42 Å². The van der Waals surface area contributed by atoms with E-state index in [1.807, 2.05) is 12.1 Å². The van der Waals surface area contributed by atoms with E-state index < -0.39 is 0 Å². The highest BCUT2D eigenvalue weighted by molar-refractivity contribution is 7.80. The number of thiol groups is 1. The van der Waals surface area contributed by atoms with Crippen LogP contribution in [0.2, 0.25) is 0 Å². The van der Waals surface area contributed by atoms with Gasteiger partial charge in [-0.05, 0) is 105 Å². The van der Waals surface area contributed by atoms with Crippen molar-refractivity contribution in [3.63, 3.8) is 0 Å². The Morgan fingerprint density at radius 3 is 2.15 bits per heavy atom. The lowest BCUT2D eigenvalue weighted by Crippen LogP contribution is -2.03. The van der Waals surface area contributed by atoms with Gasteiger partial charge in [0.05, 0.1) is 11.0 Å². The molecule has 2 aliphatic rings. The molecule has 0 saturated heterocycles. The third-order valence-corrected chi connectivity index (χ3v) is 7.73. The fraction of sp³-hybridized carbons (Fsp3) is 0.139. The number of aryl methyl sites for hydroxylation is 5. The van der Waals surface area contributed by atoms with Gasteiger partial charge in [0.15, 0.2) is 0 Å². The lowest BCUT2D eigenvalue weighted by atomic mass is 9.91. The fourth-order valence-corrected chi connectivity index (χ4v) is 5.69. The Morgan fingerprint density at radius 2 is 1.40 bits per heavy atom. The summed E-state index contributed by atoms with van der Waals surface area (Å²) in [5, 5.41) is 5.51. The van der Waals surface area contributed by atoms with E-state index in [0.717, 1.165) is 66.3 Å². The van der Waals surface area contributed by atoms with Gasteiger partial charge in [0.2, 0.25) is 0 Å². The highest BCUT2D eigenvalue weighted by Gasteiger charge is 2.19. The number of nitrogens with zero attached hydrogens (tertiary/aromatic N) is 1. The van der Waals surface area contributed by atoms with Gasteiger partial charge in [-0.2, -0.15) is 0 Å². The molecule has 1 heterocycles. The first-order chi connectivity index (χ1) is 19.2. The van der Waals surface area contributed by atoms with Crippen molar-refractivity contribution in [3.8, 4) is 22.5 Å². The number of fused-ring (bicyclic) bond motifs is 2. The van der Waals surface area contributed by atoms with Gasteiger partial charge >= 0.3 is 0 Å². The maximum absolute atomic E-state index is 6.61. The minimum absolute atomic E-state index is 0.798. The third kappa shape index (κ3) is 5.03. The van der Waals surface area contributed by atoms with E-state index in [1.165, 1.54) is 22.3 Å². The summed E-state index contributed by atoms with van der Waals surface area (Å²) in [6, 6.07) is 31.7. The first-order valence-corrected chi connectivity index (χ1v) is 14.0. The summed E-state index contributed by atoms with van der Waals surface area (Å²) in [5.74, 6) is 0.798. The molecule has 6 rings (SSSR count). The van der Waals surface area contributed by atoms with Crippen LogP contribution in [-0.2, 0) is 0 Å². The largest absolute Gasteiger partial charge is 0.456 e. The number of rotatable bonds is 4. The molecule has 0 amide bonds. The molecule has 4 heteroatoms. The van der Waals surface area contributed by atoms with E-state index in [1.54, 1.807) is 0 Å². The molecular formula is C36H32N2OS. The summed E-state index contributed by atoms with van der Waals surface area (Å²) in [7, 11) is 0. The van der Waals surface area contributed by atoms with Crippen LogP contribution < -0.4 is 10.7 Å². The van der Waals surface area contributed by atoms with E-state index in [9.17, 15) is 0 Å². The van der Waals surface area contributed by atoms with E-state index in [2.05, 4.69) is 131 Å². The summed E-state index contributed by atoms with van der Waals surface area (Å²) in [6.45, 7) is 10.6. The van der Waals surface area contributed by atoms with Crippen LogP contribution in [0.1, 0.15) is 27.8 Å². The standard InChI is InChI=1S/C36H32N2OS/c1-21-6-14-32(24(4)16-21)37-26-8-11-30-34(19-26)39-35-20-27(38-33-15-7-22(2)17-25(33)5)9-12-31(35)36(30)29-13-10-28(40)18-23(29)3/h6-20,37,40H,1-5H3. The molecule has 4 aromatic rings. The predicted octanol–water partition coefficient (Wildman–Crippen LogP) is 10.0. The van der Waals surface area contributed by atoms with Crippen LogP contribution in [0.15, 0.2) is 105 Å². The maximum Gasteiger partial charge on any atom is 0.137 e. The van der Waals surface area contributed by atoms with Crippen molar-refractivity contribution in [1.29, 1.82) is 0 Å². The zero-order valence-electron chi connectivity index (χ0n) is 23.5. The average molecular weight is 541 g/mol. The second-order valence-electron chi connectivity index (χ2n) is 10.7. The lowest BCUT2D eigenvalue weighted by molar-refractivity contribution is 0.619. The maximum atomic E-state index is 6.61. The molecule has 3 nitrogen and oxygen atoms in total. The molecule has 1 aliphatic heterocycles. The van der Waals surface area contributed by atoms with Gasteiger partial charge in [-0.3, -0.25) is 0 Å². The summed E-state index contributed by atoms with van der Waals surface area (Å²) >= 11 is 4.57. The Bertz CT molecular complexity index is 1950. The van der Waals surface area contributed by atoms with E-state index >= 15 is 0 Å². The molecule has 0 aromatic heterocycles. The zero-order valence-corrected chi connectivity index (χ0v) is 24.4. The van der Waals surface area contributed by atoms with Crippen molar-refractivity contribution in [1.82, 2.24) is 0 Å². The number of hydrogen-bond donors (Lipinski definition) is 2. The third-order valence-electron chi connectivity index (χ3n) is 7.45. The number of nitrogens with one attached hydrogen (secondary N) is 1. The Morgan fingerprint density at radius 1 is 0.650 bits per heavy atom. The zero-order chi connectivity index (χ0) is 28.0. The van der Waals surface area contributed by atoms with Gasteiger partial charge in [0.1, 0.15) is 11.3 Å². The van der Waals surface area contributed by atoms with Crippen LogP contribution >= 0.6 is 12.6 Å². The quantitative estimate of drug-likeness (QED) is 0.172. The smallest absolute Gasteiger partial charge is 0.137 e. The number of hydrogen-bond acceptors (Lipinski definition) is 4. The normalized spacial score (nSPS) is 11.9. The van der Waals surface area contributed by atoms with Gasteiger partial charge in [-0.25, -0.2) is 4.99 Å². The minimum atomic E-state index is 0.798. The first kappa shape index (κ1) is 26.0. The summed E-state index contributed by atoms with van der Waals surface area (Å²) in [4.78, 5) is 5.90. The van der Waals surface area contributed by atoms with Crippen LogP contribution in [0.4, 0.5) is 17.1 Å². The molecule has 0 fully saturated rings. The highest BCUT2D eigenvalue weighted by Crippen LogP contribution is 2.42. The molecule has 1 aliphatic carbocycles.